The fourth-order valence-electron chi connectivity index (χ4n) is 1.50. The van der Waals surface area contributed by atoms with Gasteiger partial charge >= 0.3 is 0 Å². The number of nitro groups is 1. The molecule has 0 saturated carbocycles. The molecule has 1 aromatic carbocycles. The Balaban J connectivity index is 2.49. The van der Waals surface area contributed by atoms with E-state index in [2.05, 4.69) is 0 Å². The van der Waals surface area contributed by atoms with E-state index in [1.165, 1.54) is 12.1 Å². The van der Waals surface area contributed by atoms with E-state index in [1.807, 2.05) is 13.8 Å². The molecule has 0 aliphatic heterocycles. The Morgan fingerprint density at radius 3 is 2.33 bits per heavy atom. The average Bonchev–Trinajstić information content (AvgIpc) is 2.24. The van der Waals surface area contributed by atoms with Gasteiger partial charge in [-0.05, 0) is 25.8 Å². The highest BCUT2D eigenvalue weighted by atomic mass is 32.2. The van der Waals surface area contributed by atoms with Gasteiger partial charge in [-0.2, -0.15) is 0 Å². The van der Waals surface area contributed by atoms with Crippen molar-refractivity contribution in [2.75, 3.05) is 11.5 Å². The summed E-state index contributed by atoms with van der Waals surface area (Å²) >= 11 is 0. The molecule has 0 bridgehead atoms. The lowest BCUT2D eigenvalue weighted by Crippen LogP contribution is -2.38. The first-order valence-electron chi connectivity index (χ1n) is 5.65. The number of benzene rings is 1. The number of nitrogens with two attached hydrogens (primary N) is 1. The van der Waals surface area contributed by atoms with Gasteiger partial charge in [-0.15, -0.1) is 0 Å². The number of hydrogen-bond acceptors (Lipinski definition) is 4. The van der Waals surface area contributed by atoms with E-state index < -0.39 is 21.3 Å². The Morgan fingerprint density at radius 2 is 1.89 bits per heavy atom. The van der Waals surface area contributed by atoms with Crippen LogP contribution in [0.5, 0.6) is 0 Å². The van der Waals surface area contributed by atoms with Crippen LogP contribution in [-0.2, 0) is 17.2 Å². The average molecular weight is 270 g/mol. The fraction of sp³-hybridized carbons (Fsp3) is 0.500. The molecule has 6 heteroatoms. The van der Waals surface area contributed by atoms with Crippen molar-refractivity contribution in [3.63, 3.8) is 0 Å². The van der Waals surface area contributed by atoms with Gasteiger partial charge in [-0.25, -0.2) is 0 Å². The van der Waals surface area contributed by atoms with Gasteiger partial charge in [-0.1, -0.05) is 12.1 Å². The van der Waals surface area contributed by atoms with Crippen molar-refractivity contribution < 1.29 is 9.13 Å². The van der Waals surface area contributed by atoms with Crippen molar-refractivity contribution in [3.8, 4) is 0 Å². The number of hydrogen-bond donors (Lipinski definition) is 1. The first-order chi connectivity index (χ1) is 8.28. The lowest BCUT2D eigenvalue weighted by atomic mass is 10.1. The van der Waals surface area contributed by atoms with Crippen molar-refractivity contribution >= 4 is 16.5 Å². The Morgan fingerprint density at radius 1 is 1.33 bits per heavy atom. The molecule has 5 nitrogen and oxygen atoms in total. The van der Waals surface area contributed by atoms with Gasteiger partial charge in [-0.3, -0.25) is 14.3 Å². The van der Waals surface area contributed by atoms with Crippen molar-refractivity contribution in [2.24, 2.45) is 5.73 Å². The highest BCUT2D eigenvalue weighted by Crippen LogP contribution is 2.12. The molecule has 0 radical (unpaired) electrons. The number of aryl methyl sites for hydroxylation is 1. The van der Waals surface area contributed by atoms with Crippen LogP contribution in [0, 0.1) is 10.1 Å². The zero-order valence-corrected chi connectivity index (χ0v) is 11.4. The van der Waals surface area contributed by atoms with E-state index in [0.29, 0.717) is 17.9 Å². The van der Waals surface area contributed by atoms with Crippen LogP contribution in [0.1, 0.15) is 19.4 Å². The normalized spacial score (nSPS) is 13.3. The van der Waals surface area contributed by atoms with E-state index >= 15 is 0 Å². The Hall–Kier alpha value is -1.27. The summed E-state index contributed by atoms with van der Waals surface area (Å²) < 4.78 is 11.7. The summed E-state index contributed by atoms with van der Waals surface area (Å²) in [6, 6.07) is 6.32. The Labute approximate surface area is 109 Å². The molecule has 18 heavy (non-hydrogen) atoms. The summed E-state index contributed by atoms with van der Waals surface area (Å²) in [5.41, 5.74) is 6.38. The molecule has 1 unspecified atom stereocenters. The van der Waals surface area contributed by atoms with Crippen LogP contribution in [0.4, 0.5) is 5.69 Å². The molecule has 0 spiro atoms. The van der Waals surface area contributed by atoms with Crippen molar-refractivity contribution in [2.45, 2.75) is 25.8 Å². The van der Waals surface area contributed by atoms with Crippen molar-refractivity contribution in [1.82, 2.24) is 0 Å². The minimum absolute atomic E-state index is 0.0722. The topological polar surface area (TPSA) is 86.2 Å². The quantitative estimate of drug-likeness (QED) is 0.628. The highest BCUT2D eigenvalue weighted by molar-refractivity contribution is 7.85. The molecular formula is C12H18N2O3S. The molecule has 0 aliphatic carbocycles. The highest BCUT2D eigenvalue weighted by Gasteiger charge is 2.15. The first kappa shape index (κ1) is 14.8. The molecule has 0 aliphatic rings. The summed E-state index contributed by atoms with van der Waals surface area (Å²) in [6.07, 6.45) is 0.640. The van der Waals surface area contributed by atoms with Gasteiger partial charge in [0.1, 0.15) is 0 Å². The molecule has 0 fully saturated rings. The van der Waals surface area contributed by atoms with Crippen molar-refractivity contribution in [3.05, 3.63) is 39.9 Å². The standard InChI is InChI=1S/C12H18N2O3S/c1-12(2,13)9-18(17)8-7-10-3-5-11(6-4-10)14(15)16/h3-6H,7-9,13H2,1-2H3. The first-order valence-corrected chi connectivity index (χ1v) is 7.14. The van der Waals surface area contributed by atoms with E-state index in [0.717, 1.165) is 5.56 Å². The maximum atomic E-state index is 11.7. The van der Waals surface area contributed by atoms with Gasteiger partial charge in [0.15, 0.2) is 0 Å². The predicted molar refractivity (Wildman–Crippen MR) is 72.9 cm³/mol. The molecule has 0 amide bonds. The van der Waals surface area contributed by atoms with Crippen LogP contribution < -0.4 is 5.73 Å². The molecule has 1 rings (SSSR count). The van der Waals surface area contributed by atoms with E-state index in [1.54, 1.807) is 12.1 Å². The summed E-state index contributed by atoms with van der Waals surface area (Å²) in [4.78, 5) is 10.0. The monoisotopic (exact) mass is 270 g/mol. The molecule has 1 atom stereocenters. The maximum Gasteiger partial charge on any atom is 0.269 e. The van der Waals surface area contributed by atoms with Crippen LogP contribution in [-0.4, -0.2) is 26.2 Å². The minimum Gasteiger partial charge on any atom is -0.325 e. The second kappa shape index (κ2) is 6.06. The number of rotatable bonds is 6. The number of nitro benzene ring substituents is 1. The van der Waals surface area contributed by atoms with Gasteiger partial charge in [0.2, 0.25) is 0 Å². The second-order valence-corrected chi connectivity index (χ2v) is 6.53. The molecule has 0 heterocycles. The molecular weight excluding hydrogens is 252 g/mol. The third kappa shape index (κ3) is 5.37. The summed E-state index contributed by atoms with van der Waals surface area (Å²) in [5, 5.41) is 10.5. The van der Waals surface area contributed by atoms with Crippen LogP contribution in [0.25, 0.3) is 0 Å². The zero-order valence-electron chi connectivity index (χ0n) is 10.6. The molecule has 0 saturated heterocycles. The van der Waals surface area contributed by atoms with Gasteiger partial charge in [0, 0.05) is 40.0 Å². The largest absolute Gasteiger partial charge is 0.325 e. The maximum absolute atomic E-state index is 11.7. The zero-order chi connectivity index (χ0) is 13.8. The van der Waals surface area contributed by atoms with Gasteiger partial charge in [0.25, 0.3) is 5.69 Å². The fourth-order valence-corrected chi connectivity index (χ4v) is 2.94. The van der Waals surface area contributed by atoms with Crippen LogP contribution in [0.3, 0.4) is 0 Å². The third-order valence-corrected chi connectivity index (χ3v) is 4.02. The number of non-ortho nitro benzene ring substituents is 1. The summed E-state index contributed by atoms with van der Waals surface area (Å²) in [6.45, 7) is 3.69. The lowest BCUT2D eigenvalue weighted by Gasteiger charge is -2.17. The molecule has 0 aromatic heterocycles. The van der Waals surface area contributed by atoms with Crippen molar-refractivity contribution in [1.29, 1.82) is 0 Å². The third-order valence-electron chi connectivity index (χ3n) is 2.30. The van der Waals surface area contributed by atoms with Gasteiger partial charge < -0.3 is 5.73 Å². The SMILES string of the molecule is CC(C)(N)CS(=O)CCc1ccc([N+](=O)[O-])cc1. The number of nitrogens with zero attached hydrogens (tertiary/aromatic N) is 1. The van der Waals surface area contributed by atoms with Crippen LogP contribution in [0.15, 0.2) is 24.3 Å². The molecule has 1 aromatic rings. The Kier molecular flexibility index (Phi) is 4.98. The minimum atomic E-state index is -0.963. The molecule has 100 valence electrons. The van der Waals surface area contributed by atoms with E-state index in [4.69, 9.17) is 5.73 Å². The smallest absolute Gasteiger partial charge is 0.269 e. The van der Waals surface area contributed by atoms with Gasteiger partial charge in [0.05, 0.1) is 4.92 Å². The second-order valence-electron chi connectivity index (χ2n) is 4.95. The van der Waals surface area contributed by atoms with Crippen LogP contribution in [0.2, 0.25) is 0 Å². The molecule has 2 N–H and O–H groups in total. The summed E-state index contributed by atoms with van der Waals surface area (Å²) in [7, 11) is -0.963. The summed E-state index contributed by atoms with van der Waals surface area (Å²) in [5.74, 6) is 0.985. The van der Waals surface area contributed by atoms with E-state index in [-0.39, 0.29) is 5.69 Å². The van der Waals surface area contributed by atoms with E-state index in [9.17, 15) is 14.3 Å². The predicted octanol–water partition coefficient (Wildman–Crippen LogP) is 1.62. The van der Waals surface area contributed by atoms with Crippen LogP contribution >= 0.6 is 0 Å². The Bertz CT molecular complexity index is 438. The lowest BCUT2D eigenvalue weighted by molar-refractivity contribution is -0.384.